The van der Waals surface area contributed by atoms with E-state index in [1.807, 2.05) is 0 Å². The predicted molar refractivity (Wildman–Crippen MR) is 97.5 cm³/mol. The second-order valence-electron chi connectivity index (χ2n) is 5.31. The Bertz CT molecular complexity index is 900. The molecule has 1 amide bonds. The monoisotopic (exact) mass is 397 g/mol. The summed E-state index contributed by atoms with van der Waals surface area (Å²) in [5.74, 6) is -0.714. The lowest BCUT2D eigenvalue weighted by Crippen LogP contribution is -2.35. The maximum atomic E-state index is 12.0. The van der Waals surface area contributed by atoms with Gasteiger partial charge < -0.3 is 5.32 Å². The summed E-state index contributed by atoms with van der Waals surface area (Å²) in [7, 11) is -3.64. The van der Waals surface area contributed by atoms with Crippen LogP contribution in [0.3, 0.4) is 0 Å². The number of amides is 1. The normalized spacial score (nSPS) is 11.1. The molecule has 0 spiro atoms. The summed E-state index contributed by atoms with van der Waals surface area (Å²) in [5, 5.41) is 13.5. The van der Waals surface area contributed by atoms with Crippen molar-refractivity contribution in [2.24, 2.45) is 0 Å². The molecule has 0 fully saturated rings. The Morgan fingerprint density at radius 3 is 2.35 bits per heavy atom. The van der Waals surface area contributed by atoms with Crippen molar-refractivity contribution in [2.75, 3.05) is 13.1 Å². The van der Waals surface area contributed by atoms with Gasteiger partial charge in [0, 0.05) is 25.2 Å². The second-order valence-corrected chi connectivity index (χ2v) is 7.53. The molecule has 0 saturated carbocycles. The number of nitrogens with zero attached hydrogens (tertiary/aromatic N) is 1. The number of hydrogen-bond acceptors (Lipinski definition) is 5. The molecule has 0 bridgehead atoms. The Labute approximate surface area is 155 Å². The summed E-state index contributed by atoms with van der Waals surface area (Å²) in [6, 6.07) is 11.8. The van der Waals surface area contributed by atoms with Crippen LogP contribution in [0, 0.1) is 10.1 Å². The van der Waals surface area contributed by atoms with Crippen molar-refractivity contribution >= 4 is 33.2 Å². The number of hydrogen-bond donors (Lipinski definition) is 2. The Morgan fingerprint density at radius 1 is 1.08 bits per heavy atom. The number of nitro benzene ring substituents is 1. The SMILES string of the molecule is O=C(NCCNS(=O)(=O)Cc1ccc([N+](=O)[O-])cc1)c1ccccc1Cl. The molecule has 10 heteroatoms. The topological polar surface area (TPSA) is 118 Å². The number of carbonyl (C=O) groups is 1. The Morgan fingerprint density at radius 2 is 1.73 bits per heavy atom. The van der Waals surface area contributed by atoms with E-state index in [4.69, 9.17) is 11.6 Å². The molecule has 26 heavy (non-hydrogen) atoms. The first-order chi connectivity index (χ1) is 12.3. The minimum Gasteiger partial charge on any atom is -0.351 e. The molecule has 0 unspecified atom stereocenters. The summed E-state index contributed by atoms with van der Waals surface area (Å²) in [6.45, 7) is 0.0923. The van der Waals surface area contributed by atoms with Gasteiger partial charge in [-0.1, -0.05) is 35.9 Å². The minimum atomic E-state index is -3.64. The zero-order valence-electron chi connectivity index (χ0n) is 13.5. The van der Waals surface area contributed by atoms with Gasteiger partial charge in [0.25, 0.3) is 11.6 Å². The van der Waals surface area contributed by atoms with E-state index in [0.29, 0.717) is 16.1 Å². The van der Waals surface area contributed by atoms with Crippen LogP contribution in [0.15, 0.2) is 48.5 Å². The van der Waals surface area contributed by atoms with Crippen molar-refractivity contribution in [3.63, 3.8) is 0 Å². The highest BCUT2D eigenvalue weighted by molar-refractivity contribution is 7.88. The van der Waals surface area contributed by atoms with Gasteiger partial charge >= 0.3 is 0 Å². The van der Waals surface area contributed by atoms with E-state index < -0.39 is 20.9 Å². The second kappa shape index (κ2) is 8.75. The third kappa shape index (κ3) is 5.80. The van der Waals surface area contributed by atoms with Crippen LogP contribution < -0.4 is 10.0 Å². The minimum absolute atomic E-state index is 0.00546. The molecule has 8 nitrogen and oxygen atoms in total. The number of sulfonamides is 1. The lowest BCUT2D eigenvalue weighted by atomic mass is 10.2. The number of benzene rings is 2. The van der Waals surface area contributed by atoms with Gasteiger partial charge in [0.1, 0.15) is 0 Å². The molecule has 2 aromatic carbocycles. The Kier molecular flexibility index (Phi) is 6.67. The molecule has 2 rings (SSSR count). The van der Waals surface area contributed by atoms with Crippen molar-refractivity contribution in [3.05, 3.63) is 74.8 Å². The van der Waals surface area contributed by atoms with Crippen molar-refractivity contribution in [2.45, 2.75) is 5.75 Å². The van der Waals surface area contributed by atoms with Crippen molar-refractivity contribution in [1.82, 2.24) is 10.0 Å². The maximum absolute atomic E-state index is 12.0. The third-order valence-electron chi connectivity index (χ3n) is 3.35. The van der Waals surface area contributed by atoms with E-state index in [1.54, 1.807) is 24.3 Å². The molecule has 0 radical (unpaired) electrons. The van der Waals surface area contributed by atoms with E-state index >= 15 is 0 Å². The van der Waals surface area contributed by atoms with Crippen LogP contribution in [0.4, 0.5) is 5.69 Å². The van der Waals surface area contributed by atoms with Crippen LogP contribution in [0.25, 0.3) is 0 Å². The van der Waals surface area contributed by atoms with Gasteiger partial charge in [-0.2, -0.15) is 0 Å². The fourth-order valence-corrected chi connectivity index (χ4v) is 3.48. The van der Waals surface area contributed by atoms with Gasteiger partial charge in [0.2, 0.25) is 10.0 Å². The van der Waals surface area contributed by atoms with E-state index in [1.165, 1.54) is 24.3 Å². The number of nitro groups is 1. The van der Waals surface area contributed by atoms with Crippen molar-refractivity contribution < 1.29 is 18.1 Å². The van der Waals surface area contributed by atoms with E-state index in [-0.39, 0.29) is 24.5 Å². The van der Waals surface area contributed by atoms with Crippen LogP contribution >= 0.6 is 11.6 Å². The van der Waals surface area contributed by atoms with Gasteiger partial charge in [0.15, 0.2) is 0 Å². The fourth-order valence-electron chi connectivity index (χ4n) is 2.11. The number of halogens is 1. The summed E-state index contributed by atoms with van der Waals surface area (Å²) < 4.78 is 26.4. The van der Waals surface area contributed by atoms with Crippen LogP contribution in [0.2, 0.25) is 5.02 Å². The van der Waals surface area contributed by atoms with Gasteiger partial charge in [-0.15, -0.1) is 0 Å². The summed E-state index contributed by atoms with van der Waals surface area (Å²) in [4.78, 5) is 22.0. The highest BCUT2D eigenvalue weighted by atomic mass is 35.5. The largest absolute Gasteiger partial charge is 0.351 e. The van der Waals surface area contributed by atoms with Crippen LogP contribution in [0.5, 0.6) is 0 Å². The summed E-state index contributed by atoms with van der Waals surface area (Å²) in [5.41, 5.74) is 0.618. The van der Waals surface area contributed by atoms with E-state index in [9.17, 15) is 23.3 Å². The summed E-state index contributed by atoms with van der Waals surface area (Å²) >= 11 is 5.91. The average molecular weight is 398 g/mol. The van der Waals surface area contributed by atoms with Gasteiger partial charge in [0.05, 0.1) is 21.3 Å². The zero-order chi connectivity index (χ0) is 19.2. The Hall–Kier alpha value is -2.49. The van der Waals surface area contributed by atoms with Crippen LogP contribution in [0.1, 0.15) is 15.9 Å². The molecule has 0 aliphatic carbocycles. The Balaban J connectivity index is 1.82. The lowest BCUT2D eigenvalue weighted by Gasteiger charge is -2.09. The molecule has 0 atom stereocenters. The zero-order valence-corrected chi connectivity index (χ0v) is 15.1. The molecule has 0 aliphatic heterocycles. The molecular formula is C16H16ClN3O5S. The maximum Gasteiger partial charge on any atom is 0.269 e. The quantitative estimate of drug-likeness (QED) is 0.401. The average Bonchev–Trinajstić information content (AvgIpc) is 2.59. The number of rotatable bonds is 8. The third-order valence-corrected chi connectivity index (χ3v) is 5.04. The molecule has 2 aromatic rings. The first-order valence-electron chi connectivity index (χ1n) is 7.52. The molecule has 2 N–H and O–H groups in total. The van der Waals surface area contributed by atoms with Crippen molar-refractivity contribution in [3.8, 4) is 0 Å². The van der Waals surface area contributed by atoms with Crippen molar-refractivity contribution in [1.29, 1.82) is 0 Å². The molecule has 138 valence electrons. The molecule has 0 aromatic heterocycles. The number of carbonyl (C=O) groups excluding carboxylic acids is 1. The van der Waals surface area contributed by atoms with Crippen LogP contribution in [-0.4, -0.2) is 32.3 Å². The molecular weight excluding hydrogens is 382 g/mol. The van der Waals surface area contributed by atoms with Crippen LogP contribution in [-0.2, 0) is 15.8 Å². The highest BCUT2D eigenvalue weighted by Gasteiger charge is 2.13. The van der Waals surface area contributed by atoms with E-state index in [0.717, 1.165) is 0 Å². The molecule has 0 aliphatic rings. The smallest absolute Gasteiger partial charge is 0.269 e. The van der Waals surface area contributed by atoms with Gasteiger partial charge in [-0.3, -0.25) is 14.9 Å². The first kappa shape index (κ1) is 19.8. The number of nitrogens with one attached hydrogen (secondary N) is 2. The standard InChI is InChI=1S/C16H16ClN3O5S/c17-15-4-2-1-3-14(15)16(21)18-9-10-19-26(24,25)11-12-5-7-13(8-6-12)20(22)23/h1-8,19H,9-11H2,(H,18,21). The molecule has 0 heterocycles. The van der Waals surface area contributed by atoms with Gasteiger partial charge in [-0.25, -0.2) is 13.1 Å². The highest BCUT2D eigenvalue weighted by Crippen LogP contribution is 2.15. The molecule has 0 saturated heterocycles. The fraction of sp³-hybridized carbons (Fsp3) is 0.188. The lowest BCUT2D eigenvalue weighted by molar-refractivity contribution is -0.384. The first-order valence-corrected chi connectivity index (χ1v) is 9.55. The predicted octanol–water partition coefficient (Wildman–Crippen LogP) is 2.10. The van der Waals surface area contributed by atoms with E-state index in [2.05, 4.69) is 10.0 Å². The van der Waals surface area contributed by atoms with Gasteiger partial charge in [-0.05, 0) is 17.7 Å². The summed E-state index contributed by atoms with van der Waals surface area (Å²) in [6.07, 6.45) is 0. The number of non-ortho nitro benzene ring substituents is 1.